The van der Waals surface area contributed by atoms with Crippen LogP contribution in [0, 0.1) is 0 Å². The zero-order valence-electron chi connectivity index (χ0n) is 13.0. The van der Waals surface area contributed by atoms with E-state index in [4.69, 9.17) is 5.73 Å². The van der Waals surface area contributed by atoms with E-state index in [0.717, 1.165) is 31.4 Å². The molecule has 1 heterocycles. The maximum absolute atomic E-state index is 12.4. The fourth-order valence-electron chi connectivity index (χ4n) is 3.26. The van der Waals surface area contributed by atoms with Gasteiger partial charge >= 0.3 is 6.03 Å². The molecule has 0 spiro atoms. The first-order chi connectivity index (χ1) is 10.6. The van der Waals surface area contributed by atoms with Crippen LogP contribution >= 0.6 is 12.4 Å². The van der Waals surface area contributed by atoms with E-state index in [0.29, 0.717) is 25.2 Å². The molecule has 3 amide bonds. The Labute approximate surface area is 142 Å². The lowest BCUT2D eigenvalue weighted by atomic mass is 9.97. The molecule has 4 N–H and O–H groups in total. The third kappa shape index (κ3) is 3.59. The summed E-state index contributed by atoms with van der Waals surface area (Å²) in [5.74, 6) is -0.0928. The quantitative estimate of drug-likeness (QED) is 0.780. The highest BCUT2D eigenvalue weighted by atomic mass is 35.5. The van der Waals surface area contributed by atoms with Gasteiger partial charge in [0.1, 0.15) is 0 Å². The Kier molecular flexibility index (Phi) is 5.49. The summed E-state index contributed by atoms with van der Waals surface area (Å²) in [5, 5.41) is 5.86. The minimum Gasteiger partial charge on any atom is -0.345 e. The molecular formula is C16H23ClN4O2. The molecule has 1 aliphatic heterocycles. The van der Waals surface area contributed by atoms with Crippen molar-refractivity contribution >= 4 is 30.0 Å². The zero-order chi connectivity index (χ0) is 15.6. The Balaban J connectivity index is 0.00000192. The average molecular weight is 339 g/mol. The summed E-state index contributed by atoms with van der Waals surface area (Å²) >= 11 is 0. The number of halogens is 1. The van der Waals surface area contributed by atoms with Crippen molar-refractivity contribution in [1.82, 2.24) is 10.6 Å². The predicted octanol–water partition coefficient (Wildman–Crippen LogP) is 1.64. The van der Waals surface area contributed by atoms with Crippen LogP contribution in [0.25, 0.3) is 0 Å². The van der Waals surface area contributed by atoms with Gasteiger partial charge in [0.25, 0.3) is 5.91 Å². The molecule has 1 aromatic rings. The van der Waals surface area contributed by atoms with Gasteiger partial charge in [0.2, 0.25) is 0 Å². The summed E-state index contributed by atoms with van der Waals surface area (Å²) in [4.78, 5) is 25.7. The standard InChI is InChI=1S/C16H22N4O2.ClH/c17-11-16(7-1-2-8-16)19-14(21)12-3-5-13(6-4-12)20-10-9-18-15(20)22;/h3-6H,1-2,7-11,17H2,(H,18,22)(H,19,21);1H. The number of anilines is 1. The van der Waals surface area contributed by atoms with Crippen LogP contribution in [0.15, 0.2) is 24.3 Å². The third-order valence-electron chi connectivity index (χ3n) is 4.63. The number of nitrogens with one attached hydrogen (secondary N) is 2. The van der Waals surface area contributed by atoms with Gasteiger partial charge in [0.05, 0.1) is 5.54 Å². The van der Waals surface area contributed by atoms with Crippen molar-refractivity contribution in [2.75, 3.05) is 24.5 Å². The number of urea groups is 1. The number of nitrogens with zero attached hydrogens (tertiary/aromatic N) is 1. The SMILES string of the molecule is Cl.NCC1(NC(=O)c2ccc(N3CCNC3=O)cc2)CCCC1. The molecule has 0 unspecified atom stereocenters. The van der Waals surface area contributed by atoms with Gasteiger partial charge < -0.3 is 16.4 Å². The zero-order valence-corrected chi connectivity index (χ0v) is 13.8. The Morgan fingerprint density at radius 1 is 1.26 bits per heavy atom. The van der Waals surface area contributed by atoms with E-state index >= 15 is 0 Å². The fourth-order valence-corrected chi connectivity index (χ4v) is 3.26. The van der Waals surface area contributed by atoms with Gasteiger partial charge in [-0.05, 0) is 37.1 Å². The highest BCUT2D eigenvalue weighted by Crippen LogP contribution is 2.29. The van der Waals surface area contributed by atoms with Crippen LogP contribution in [-0.2, 0) is 0 Å². The first kappa shape index (κ1) is 17.6. The van der Waals surface area contributed by atoms with E-state index in [2.05, 4.69) is 10.6 Å². The minimum absolute atomic E-state index is 0. The molecular weight excluding hydrogens is 316 g/mol. The highest BCUT2D eigenvalue weighted by Gasteiger charge is 2.34. The van der Waals surface area contributed by atoms with Gasteiger partial charge in [0.15, 0.2) is 0 Å². The number of carbonyl (C=O) groups excluding carboxylic acids is 2. The molecule has 7 heteroatoms. The molecule has 1 aliphatic carbocycles. The second-order valence-electron chi connectivity index (χ2n) is 6.08. The van der Waals surface area contributed by atoms with Gasteiger partial charge in [0, 0.05) is 30.9 Å². The Bertz CT molecular complexity index is 570. The molecule has 23 heavy (non-hydrogen) atoms. The van der Waals surface area contributed by atoms with Crippen LogP contribution < -0.4 is 21.3 Å². The van der Waals surface area contributed by atoms with Gasteiger partial charge in [-0.1, -0.05) is 12.8 Å². The van der Waals surface area contributed by atoms with Crippen molar-refractivity contribution in [2.45, 2.75) is 31.2 Å². The van der Waals surface area contributed by atoms with E-state index in [-0.39, 0.29) is 29.9 Å². The number of hydrogen-bond acceptors (Lipinski definition) is 3. The van der Waals surface area contributed by atoms with Crippen LogP contribution in [0.4, 0.5) is 10.5 Å². The van der Waals surface area contributed by atoms with E-state index in [1.54, 1.807) is 17.0 Å². The molecule has 2 aliphatic rings. The van der Waals surface area contributed by atoms with E-state index in [1.165, 1.54) is 0 Å². The van der Waals surface area contributed by atoms with Crippen LogP contribution in [0.1, 0.15) is 36.0 Å². The summed E-state index contributed by atoms with van der Waals surface area (Å²) in [7, 11) is 0. The lowest BCUT2D eigenvalue weighted by Gasteiger charge is -2.28. The van der Waals surface area contributed by atoms with Crippen LogP contribution in [0.5, 0.6) is 0 Å². The topological polar surface area (TPSA) is 87.5 Å². The molecule has 126 valence electrons. The number of carbonyl (C=O) groups is 2. The van der Waals surface area contributed by atoms with Gasteiger partial charge in [-0.25, -0.2) is 4.79 Å². The molecule has 1 saturated carbocycles. The molecule has 0 bridgehead atoms. The van der Waals surface area contributed by atoms with E-state index < -0.39 is 0 Å². The maximum Gasteiger partial charge on any atom is 0.321 e. The Morgan fingerprint density at radius 2 is 1.91 bits per heavy atom. The van der Waals surface area contributed by atoms with Crippen molar-refractivity contribution in [3.63, 3.8) is 0 Å². The van der Waals surface area contributed by atoms with Gasteiger partial charge in [-0.15, -0.1) is 12.4 Å². The van der Waals surface area contributed by atoms with Gasteiger partial charge in [-0.2, -0.15) is 0 Å². The second-order valence-corrected chi connectivity index (χ2v) is 6.08. The molecule has 0 aromatic heterocycles. The lowest BCUT2D eigenvalue weighted by Crippen LogP contribution is -2.51. The molecule has 1 saturated heterocycles. The van der Waals surface area contributed by atoms with Gasteiger partial charge in [-0.3, -0.25) is 9.69 Å². The first-order valence-electron chi connectivity index (χ1n) is 7.82. The van der Waals surface area contributed by atoms with E-state index in [1.807, 2.05) is 12.1 Å². The Morgan fingerprint density at radius 3 is 2.43 bits per heavy atom. The molecule has 0 radical (unpaired) electrons. The van der Waals surface area contributed by atoms with Crippen molar-refractivity contribution < 1.29 is 9.59 Å². The maximum atomic E-state index is 12.4. The summed E-state index contributed by atoms with van der Waals surface area (Å²) in [5.41, 5.74) is 7.01. The largest absolute Gasteiger partial charge is 0.345 e. The average Bonchev–Trinajstić information content (AvgIpc) is 3.17. The van der Waals surface area contributed by atoms with Crippen molar-refractivity contribution in [2.24, 2.45) is 5.73 Å². The number of nitrogens with two attached hydrogens (primary N) is 1. The molecule has 3 rings (SSSR count). The second kappa shape index (κ2) is 7.19. The van der Waals surface area contributed by atoms with Crippen LogP contribution in [0.3, 0.4) is 0 Å². The Hall–Kier alpha value is -1.79. The van der Waals surface area contributed by atoms with Crippen LogP contribution in [0.2, 0.25) is 0 Å². The number of hydrogen-bond donors (Lipinski definition) is 3. The highest BCUT2D eigenvalue weighted by molar-refractivity contribution is 5.97. The summed E-state index contributed by atoms with van der Waals surface area (Å²) in [6, 6.07) is 7.04. The number of amides is 3. The lowest BCUT2D eigenvalue weighted by molar-refractivity contribution is 0.0903. The monoisotopic (exact) mass is 338 g/mol. The molecule has 6 nitrogen and oxygen atoms in total. The molecule has 0 atom stereocenters. The van der Waals surface area contributed by atoms with Crippen molar-refractivity contribution in [1.29, 1.82) is 0 Å². The van der Waals surface area contributed by atoms with Crippen LogP contribution in [-0.4, -0.2) is 37.1 Å². The summed E-state index contributed by atoms with van der Waals surface area (Å²) in [6.07, 6.45) is 4.11. The smallest absolute Gasteiger partial charge is 0.321 e. The summed E-state index contributed by atoms with van der Waals surface area (Å²) in [6.45, 7) is 1.78. The number of rotatable bonds is 4. The summed E-state index contributed by atoms with van der Waals surface area (Å²) < 4.78 is 0. The van der Waals surface area contributed by atoms with E-state index in [9.17, 15) is 9.59 Å². The molecule has 1 aromatic carbocycles. The minimum atomic E-state index is -0.245. The third-order valence-corrected chi connectivity index (χ3v) is 4.63. The fraction of sp³-hybridized carbons (Fsp3) is 0.500. The molecule has 2 fully saturated rings. The normalized spacial score (nSPS) is 19.2. The predicted molar refractivity (Wildman–Crippen MR) is 92.2 cm³/mol. The first-order valence-corrected chi connectivity index (χ1v) is 7.82. The number of benzene rings is 1. The van der Waals surface area contributed by atoms with Crippen molar-refractivity contribution in [3.05, 3.63) is 29.8 Å². The van der Waals surface area contributed by atoms with Crippen molar-refractivity contribution in [3.8, 4) is 0 Å².